The van der Waals surface area contributed by atoms with Crippen molar-refractivity contribution in [3.05, 3.63) is 24.0 Å². The molecular weight excluding hydrogens is 212 g/mol. The lowest BCUT2D eigenvalue weighted by Gasteiger charge is -2.53. The van der Waals surface area contributed by atoms with E-state index in [-0.39, 0.29) is 5.41 Å². The quantitative estimate of drug-likeness (QED) is 0.869. The van der Waals surface area contributed by atoms with Gasteiger partial charge in [-0.15, -0.1) is 0 Å². The van der Waals surface area contributed by atoms with Crippen molar-refractivity contribution in [1.29, 1.82) is 0 Å². The SMILES string of the molecule is CCC1(C)C(NC)CC1Oc1cccnc1C. The molecule has 0 aliphatic heterocycles. The van der Waals surface area contributed by atoms with E-state index >= 15 is 0 Å². The molecule has 0 radical (unpaired) electrons. The number of nitrogens with zero attached hydrogens (tertiary/aromatic N) is 1. The molecule has 0 spiro atoms. The standard InChI is InChI=1S/C14H22N2O/c1-5-14(3)12(15-4)9-13(14)17-11-7-6-8-16-10(11)2/h6-8,12-13,15H,5,9H2,1-4H3. The molecular formula is C14H22N2O. The van der Waals surface area contributed by atoms with Crippen LogP contribution in [-0.2, 0) is 0 Å². The highest BCUT2D eigenvalue weighted by Gasteiger charge is 2.51. The monoisotopic (exact) mass is 234 g/mol. The summed E-state index contributed by atoms with van der Waals surface area (Å²) in [5.74, 6) is 0.923. The van der Waals surface area contributed by atoms with Crippen LogP contribution in [0.15, 0.2) is 18.3 Å². The van der Waals surface area contributed by atoms with E-state index in [0.29, 0.717) is 12.1 Å². The molecule has 0 aromatic carbocycles. The maximum atomic E-state index is 6.12. The highest BCUT2D eigenvalue weighted by atomic mass is 16.5. The van der Waals surface area contributed by atoms with Gasteiger partial charge in [0.2, 0.25) is 0 Å². The van der Waals surface area contributed by atoms with Crippen LogP contribution in [0.5, 0.6) is 5.75 Å². The van der Waals surface area contributed by atoms with Crippen molar-refractivity contribution in [2.75, 3.05) is 7.05 Å². The van der Waals surface area contributed by atoms with Crippen molar-refractivity contribution in [3.8, 4) is 5.75 Å². The van der Waals surface area contributed by atoms with E-state index in [0.717, 1.165) is 24.3 Å². The van der Waals surface area contributed by atoms with Crippen LogP contribution in [0.3, 0.4) is 0 Å². The first-order valence-electron chi connectivity index (χ1n) is 6.37. The van der Waals surface area contributed by atoms with Crippen molar-refractivity contribution in [2.24, 2.45) is 5.41 Å². The van der Waals surface area contributed by atoms with Gasteiger partial charge in [0.05, 0.1) is 5.69 Å². The van der Waals surface area contributed by atoms with Crippen molar-refractivity contribution in [2.45, 2.75) is 45.8 Å². The van der Waals surface area contributed by atoms with Crippen molar-refractivity contribution < 1.29 is 4.74 Å². The van der Waals surface area contributed by atoms with Crippen molar-refractivity contribution >= 4 is 0 Å². The fraction of sp³-hybridized carbons (Fsp3) is 0.643. The predicted molar refractivity (Wildman–Crippen MR) is 69.3 cm³/mol. The molecule has 94 valence electrons. The topological polar surface area (TPSA) is 34.1 Å². The Kier molecular flexibility index (Phi) is 3.38. The van der Waals surface area contributed by atoms with E-state index in [4.69, 9.17) is 4.74 Å². The Bertz CT molecular complexity index is 394. The second-order valence-corrected chi connectivity index (χ2v) is 5.13. The number of hydrogen-bond acceptors (Lipinski definition) is 3. The summed E-state index contributed by atoms with van der Waals surface area (Å²) < 4.78 is 6.12. The van der Waals surface area contributed by atoms with Gasteiger partial charge in [0, 0.05) is 24.1 Å². The first-order chi connectivity index (χ1) is 8.11. The van der Waals surface area contributed by atoms with E-state index in [1.165, 1.54) is 0 Å². The lowest BCUT2D eigenvalue weighted by Crippen LogP contribution is -2.62. The first kappa shape index (κ1) is 12.4. The van der Waals surface area contributed by atoms with E-state index in [1.807, 2.05) is 26.1 Å². The van der Waals surface area contributed by atoms with E-state index < -0.39 is 0 Å². The second-order valence-electron chi connectivity index (χ2n) is 5.13. The molecule has 17 heavy (non-hydrogen) atoms. The number of aryl methyl sites for hydroxylation is 1. The van der Waals surface area contributed by atoms with Gasteiger partial charge in [-0.25, -0.2) is 0 Å². The van der Waals surface area contributed by atoms with Crippen molar-refractivity contribution in [1.82, 2.24) is 10.3 Å². The van der Waals surface area contributed by atoms with E-state index in [1.54, 1.807) is 6.20 Å². The lowest BCUT2D eigenvalue weighted by atomic mass is 9.61. The van der Waals surface area contributed by atoms with Crippen LogP contribution < -0.4 is 10.1 Å². The third kappa shape index (κ3) is 2.04. The zero-order valence-corrected chi connectivity index (χ0v) is 11.2. The van der Waals surface area contributed by atoms with Crippen LogP contribution >= 0.6 is 0 Å². The maximum Gasteiger partial charge on any atom is 0.140 e. The molecule has 1 fully saturated rings. The lowest BCUT2D eigenvalue weighted by molar-refractivity contribution is -0.0682. The van der Waals surface area contributed by atoms with E-state index in [9.17, 15) is 0 Å². The summed E-state index contributed by atoms with van der Waals surface area (Å²) in [4.78, 5) is 4.26. The average molecular weight is 234 g/mol. The van der Waals surface area contributed by atoms with Crippen LogP contribution in [0.1, 0.15) is 32.4 Å². The average Bonchev–Trinajstić information content (AvgIpc) is 2.34. The molecule has 1 aliphatic carbocycles. The van der Waals surface area contributed by atoms with Gasteiger partial charge in [-0.05, 0) is 32.5 Å². The zero-order valence-electron chi connectivity index (χ0n) is 11.2. The minimum Gasteiger partial charge on any atom is -0.488 e. The third-order valence-corrected chi connectivity index (χ3v) is 4.32. The normalized spacial score (nSPS) is 32.0. The van der Waals surface area contributed by atoms with Gasteiger partial charge in [-0.1, -0.05) is 13.8 Å². The van der Waals surface area contributed by atoms with Gasteiger partial charge in [-0.2, -0.15) is 0 Å². The van der Waals surface area contributed by atoms with Crippen LogP contribution in [0.25, 0.3) is 0 Å². The smallest absolute Gasteiger partial charge is 0.140 e. The molecule has 3 heteroatoms. The molecule has 1 aromatic rings. The van der Waals surface area contributed by atoms with Crippen LogP contribution in [0.2, 0.25) is 0 Å². The highest BCUT2D eigenvalue weighted by molar-refractivity contribution is 5.26. The molecule has 0 saturated heterocycles. The zero-order chi connectivity index (χ0) is 12.5. The molecule has 0 amide bonds. The van der Waals surface area contributed by atoms with Gasteiger partial charge in [-0.3, -0.25) is 4.98 Å². The number of pyridine rings is 1. The molecule has 3 atom stereocenters. The minimum atomic E-state index is 0.233. The summed E-state index contributed by atoms with van der Waals surface area (Å²) >= 11 is 0. The molecule has 1 N–H and O–H groups in total. The van der Waals surface area contributed by atoms with Crippen LogP contribution in [-0.4, -0.2) is 24.2 Å². The summed E-state index contributed by atoms with van der Waals surface area (Å²) in [7, 11) is 2.03. The largest absolute Gasteiger partial charge is 0.488 e. The van der Waals surface area contributed by atoms with Crippen molar-refractivity contribution in [3.63, 3.8) is 0 Å². The van der Waals surface area contributed by atoms with Gasteiger partial charge >= 0.3 is 0 Å². The number of ether oxygens (including phenoxy) is 1. The summed E-state index contributed by atoms with van der Waals surface area (Å²) in [6.45, 7) is 6.52. The molecule has 1 aliphatic rings. The fourth-order valence-corrected chi connectivity index (χ4v) is 2.67. The van der Waals surface area contributed by atoms with Gasteiger partial charge in [0.25, 0.3) is 0 Å². The van der Waals surface area contributed by atoms with Crippen LogP contribution in [0, 0.1) is 12.3 Å². The molecule has 3 unspecified atom stereocenters. The summed E-state index contributed by atoms with van der Waals surface area (Å²) in [5, 5.41) is 3.38. The minimum absolute atomic E-state index is 0.233. The Morgan fingerprint density at radius 3 is 2.94 bits per heavy atom. The van der Waals surface area contributed by atoms with E-state index in [2.05, 4.69) is 24.1 Å². The number of hydrogen-bond donors (Lipinski definition) is 1. The number of rotatable bonds is 4. The highest BCUT2D eigenvalue weighted by Crippen LogP contribution is 2.46. The molecule has 1 aromatic heterocycles. The maximum absolute atomic E-state index is 6.12. The predicted octanol–water partition coefficient (Wildman–Crippen LogP) is 2.55. The summed E-state index contributed by atoms with van der Waals surface area (Å²) in [6, 6.07) is 4.50. The Hall–Kier alpha value is -1.09. The Morgan fingerprint density at radius 1 is 1.59 bits per heavy atom. The number of aromatic nitrogens is 1. The summed E-state index contributed by atoms with van der Waals surface area (Å²) in [6.07, 6.45) is 4.31. The van der Waals surface area contributed by atoms with Gasteiger partial charge in [0.15, 0.2) is 0 Å². The van der Waals surface area contributed by atoms with Gasteiger partial charge in [0.1, 0.15) is 11.9 Å². The summed E-state index contributed by atoms with van der Waals surface area (Å²) in [5.41, 5.74) is 1.20. The van der Waals surface area contributed by atoms with Crippen LogP contribution in [0.4, 0.5) is 0 Å². The molecule has 2 rings (SSSR count). The Balaban J connectivity index is 2.09. The Morgan fingerprint density at radius 2 is 2.35 bits per heavy atom. The Labute approximate surface area is 104 Å². The first-order valence-corrected chi connectivity index (χ1v) is 6.37. The molecule has 0 bridgehead atoms. The fourth-order valence-electron chi connectivity index (χ4n) is 2.67. The third-order valence-electron chi connectivity index (χ3n) is 4.32. The molecule has 1 heterocycles. The van der Waals surface area contributed by atoms with Gasteiger partial charge < -0.3 is 10.1 Å². The molecule has 3 nitrogen and oxygen atoms in total. The number of nitrogens with one attached hydrogen (secondary N) is 1. The molecule has 1 saturated carbocycles. The second kappa shape index (κ2) is 4.65.